The van der Waals surface area contributed by atoms with Gasteiger partial charge in [-0.05, 0) is 63.8 Å². The largest absolute Gasteiger partial charge is 0.493 e. The Bertz CT molecular complexity index is 1360. The Balaban J connectivity index is 1.54. The van der Waals surface area contributed by atoms with E-state index in [0.29, 0.717) is 5.92 Å². The number of ketones is 1. The van der Waals surface area contributed by atoms with Crippen molar-refractivity contribution >= 4 is 16.7 Å². The van der Waals surface area contributed by atoms with E-state index in [1.807, 2.05) is 59.0 Å². The molecule has 0 spiro atoms. The number of aromatic nitrogens is 4. The van der Waals surface area contributed by atoms with Gasteiger partial charge in [-0.25, -0.2) is 4.68 Å². The summed E-state index contributed by atoms with van der Waals surface area (Å²) in [5.41, 5.74) is 3.71. The highest BCUT2D eigenvalue weighted by Crippen LogP contribution is 2.32. The fourth-order valence-corrected chi connectivity index (χ4v) is 4.25. The quantitative estimate of drug-likeness (QED) is 0.322. The topological polar surface area (TPSA) is 71.2 Å². The minimum absolute atomic E-state index is 0.0203. The molecular weight excluding hydrogens is 440 g/mol. The first-order valence-corrected chi connectivity index (χ1v) is 12.2. The summed E-state index contributed by atoms with van der Waals surface area (Å²) in [5, 5.41) is 10.4. The minimum Gasteiger partial charge on any atom is -0.493 e. The lowest BCUT2D eigenvalue weighted by molar-refractivity contribution is -0.139. The van der Waals surface area contributed by atoms with Crippen LogP contribution in [0.25, 0.3) is 27.8 Å². The highest BCUT2D eigenvalue weighted by atomic mass is 16.5. The third kappa shape index (κ3) is 4.73. The second kappa shape index (κ2) is 9.30. The average Bonchev–Trinajstić information content (AvgIpc) is 3.41. The maximum Gasteiger partial charge on any atom is 0.161 e. The van der Waals surface area contributed by atoms with Crippen LogP contribution in [0.5, 0.6) is 5.75 Å². The molecule has 1 saturated carbocycles. The highest BCUT2D eigenvalue weighted by Gasteiger charge is 2.25. The lowest BCUT2D eigenvalue weighted by Gasteiger charge is -2.25. The molecule has 4 aromatic rings. The summed E-state index contributed by atoms with van der Waals surface area (Å²) in [4.78, 5) is 12.0. The molecule has 0 unspecified atom stereocenters. The van der Waals surface area contributed by atoms with Crippen LogP contribution in [-0.2, 0) is 23.2 Å². The first kappa shape index (κ1) is 23.3. The molecule has 0 aliphatic heterocycles. The fraction of sp³-hybridized carbons (Fsp3) is 0.393. The number of hydrogen-bond donors (Lipinski definition) is 0. The van der Waals surface area contributed by atoms with E-state index in [2.05, 4.69) is 17.2 Å². The number of carbonyl (C=O) groups is 1. The number of rotatable bonds is 9. The molecule has 182 valence electrons. The SMILES string of the molecule is CC(=O)C(C)(C)OCc1cc(-c2cccc(OCC3CCC3)c2)n(-c2cccc3cnn(C)c23)n1. The van der Waals surface area contributed by atoms with E-state index in [-0.39, 0.29) is 12.4 Å². The standard InChI is InChI=1S/C28H32N4O3/c1-19(33)28(2,3)35-18-23-15-26(21-10-6-12-24(14-21)34-17-20-8-5-9-20)32(30-23)25-13-7-11-22-16-29-31(4)27(22)25/h6-7,10-16,20H,5,8-9,17-18H2,1-4H3. The van der Waals surface area contributed by atoms with Crippen LogP contribution in [0.2, 0.25) is 0 Å². The van der Waals surface area contributed by atoms with Crippen LogP contribution >= 0.6 is 0 Å². The average molecular weight is 473 g/mol. The Labute approximate surface area is 205 Å². The number of hydrogen-bond acceptors (Lipinski definition) is 5. The van der Waals surface area contributed by atoms with Gasteiger partial charge in [0.25, 0.3) is 0 Å². The molecule has 1 fully saturated rings. The molecule has 0 bridgehead atoms. The number of ether oxygens (including phenoxy) is 2. The van der Waals surface area contributed by atoms with Crippen molar-refractivity contribution in [2.75, 3.05) is 6.61 Å². The Morgan fingerprint density at radius 1 is 1.14 bits per heavy atom. The van der Waals surface area contributed by atoms with Gasteiger partial charge < -0.3 is 9.47 Å². The lowest BCUT2D eigenvalue weighted by atomic mass is 9.86. The zero-order valence-corrected chi connectivity index (χ0v) is 20.8. The van der Waals surface area contributed by atoms with Crippen molar-refractivity contribution in [3.8, 4) is 22.7 Å². The molecule has 0 amide bonds. The molecule has 0 saturated heterocycles. The van der Waals surface area contributed by atoms with Gasteiger partial charge >= 0.3 is 0 Å². The van der Waals surface area contributed by atoms with E-state index in [9.17, 15) is 4.79 Å². The monoisotopic (exact) mass is 472 g/mol. The molecule has 7 nitrogen and oxygen atoms in total. The summed E-state index contributed by atoms with van der Waals surface area (Å²) in [6.45, 7) is 6.10. The van der Waals surface area contributed by atoms with E-state index in [0.717, 1.165) is 45.9 Å². The van der Waals surface area contributed by atoms with Gasteiger partial charge in [0, 0.05) is 18.0 Å². The number of aryl methyl sites for hydroxylation is 1. The normalized spacial score (nSPS) is 14.3. The van der Waals surface area contributed by atoms with Gasteiger partial charge in [0.05, 0.1) is 42.0 Å². The molecule has 2 aromatic heterocycles. The molecule has 5 rings (SSSR count). The third-order valence-corrected chi connectivity index (χ3v) is 7.00. The minimum atomic E-state index is -0.874. The number of nitrogens with zero attached hydrogens (tertiary/aromatic N) is 4. The molecule has 0 radical (unpaired) electrons. The summed E-state index contributed by atoms with van der Waals surface area (Å²) in [7, 11) is 1.93. The molecule has 7 heteroatoms. The number of benzene rings is 2. The third-order valence-electron chi connectivity index (χ3n) is 7.00. The van der Waals surface area contributed by atoms with Crippen molar-refractivity contribution in [3.05, 3.63) is 60.4 Å². The Morgan fingerprint density at radius 3 is 2.69 bits per heavy atom. The van der Waals surface area contributed by atoms with Crippen molar-refractivity contribution in [1.29, 1.82) is 0 Å². The van der Waals surface area contributed by atoms with Crippen molar-refractivity contribution < 1.29 is 14.3 Å². The summed E-state index contributed by atoms with van der Waals surface area (Å²) in [5.74, 6) is 1.50. The molecule has 2 heterocycles. The van der Waals surface area contributed by atoms with Crippen LogP contribution in [0.1, 0.15) is 45.7 Å². The zero-order valence-electron chi connectivity index (χ0n) is 20.8. The van der Waals surface area contributed by atoms with Crippen molar-refractivity contribution in [2.24, 2.45) is 13.0 Å². The second-order valence-electron chi connectivity index (χ2n) is 9.91. The number of para-hydroxylation sites is 1. The predicted molar refractivity (Wildman–Crippen MR) is 136 cm³/mol. The van der Waals surface area contributed by atoms with E-state index in [4.69, 9.17) is 14.6 Å². The molecule has 1 aliphatic rings. The number of Topliss-reactive ketones (excluding diaryl/α,β-unsaturated/α-hetero) is 1. The Hall–Kier alpha value is -3.45. The molecule has 35 heavy (non-hydrogen) atoms. The van der Waals surface area contributed by atoms with Crippen LogP contribution < -0.4 is 4.74 Å². The number of fused-ring (bicyclic) bond motifs is 1. The fourth-order valence-electron chi connectivity index (χ4n) is 4.25. The van der Waals surface area contributed by atoms with Crippen molar-refractivity contribution in [3.63, 3.8) is 0 Å². The van der Waals surface area contributed by atoms with E-state index < -0.39 is 5.60 Å². The van der Waals surface area contributed by atoms with E-state index >= 15 is 0 Å². The highest BCUT2D eigenvalue weighted by molar-refractivity contribution is 5.87. The van der Waals surface area contributed by atoms with Gasteiger partial charge in [-0.1, -0.05) is 30.7 Å². The van der Waals surface area contributed by atoms with Crippen molar-refractivity contribution in [2.45, 2.75) is 52.2 Å². The van der Waals surface area contributed by atoms with Gasteiger partial charge in [0.2, 0.25) is 0 Å². The second-order valence-corrected chi connectivity index (χ2v) is 9.91. The molecule has 2 aromatic carbocycles. The maximum atomic E-state index is 12.0. The van der Waals surface area contributed by atoms with Crippen LogP contribution in [0.4, 0.5) is 0 Å². The van der Waals surface area contributed by atoms with Crippen LogP contribution in [0, 0.1) is 5.92 Å². The molecule has 0 N–H and O–H groups in total. The van der Waals surface area contributed by atoms with Crippen molar-refractivity contribution in [1.82, 2.24) is 19.6 Å². The lowest BCUT2D eigenvalue weighted by Crippen LogP contribution is -2.32. The maximum absolute atomic E-state index is 12.0. The summed E-state index contributed by atoms with van der Waals surface area (Å²) < 4.78 is 15.9. The molecule has 0 atom stereocenters. The smallest absolute Gasteiger partial charge is 0.161 e. The Morgan fingerprint density at radius 2 is 1.94 bits per heavy atom. The number of carbonyl (C=O) groups excluding carboxylic acids is 1. The summed E-state index contributed by atoms with van der Waals surface area (Å²) in [6, 6.07) is 16.3. The molecule has 1 aliphatic carbocycles. The Kier molecular flexibility index (Phi) is 6.19. The summed E-state index contributed by atoms with van der Waals surface area (Å²) >= 11 is 0. The van der Waals surface area contributed by atoms with Gasteiger partial charge in [0.1, 0.15) is 11.4 Å². The first-order valence-electron chi connectivity index (χ1n) is 12.2. The van der Waals surface area contributed by atoms with Crippen LogP contribution in [-0.4, -0.2) is 37.6 Å². The van der Waals surface area contributed by atoms with Crippen LogP contribution in [0.3, 0.4) is 0 Å². The first-order chi connectivity index (χ1) is 16.8. The van der Waals surface area contributed by atoms with Crippen LogP contribution in [0.15, 0.2) is 54.7 Å². The predicted octanol–water partition coefficient (Wildman–Crippen LogP) is 5.49. The van der Waals surface area contributed by atoms with Gasteiger partial charge in [-0.2, -0.15) is 10.2 Å². The van der Waals surface area contributed by atoms with Gasteiger partial charge in [-0.15, -0.1) is 0 Å². The van der Waals surface area contributed by atoms with E-state index in [1.54, 1.807) is 20.8 Å². The molecular formula is C28H32N4O3. The van der Waals surface area contributed by atoms with Gasteiger partial charge in [-0.3, -0.25) is 9.48 Å². The van der Waals surface area contributed by atoms with Gasteiger partial charge in [0.15, 0.2) is 5.78 Å². The van der Waals surface area contributed by atoms with E-state index in [1.165, 1.54) is 19.3 Å². The summed E-state index contributed by atoms with van der Waals surface area (Å²) in [6.07, 6.45) is 5.66. The zero-order chi connectivity index (χ0) is 24.6.